The lowest BCUT2D eigenvalue weighted by molar-refractivity contribution is 0.441. The summed E-state index contributed by atoms with van der Waals surface area (Å²) in [5, 5.41) is 8.12. The zero-order chi connectivity index (χ0) is 12.0. The zero-order valence-corrected chi connectivity index (χ0v) is 11.1. The number of hydrogen-bond donors (Lipinski definition) is 1. The minimum Gasteiger partial charge on any atom is -0.312 e. The molecule has 1 unspecified atom stereocenters. The van der Waals surface area contributed by atoms with Gasteiger partial charge in [0.15, 0.2) is 0 Å². The van der Waals surface area contributed by atoms with Crippen LogP contribution in [0.1, 0.15) is 45.5 Å². The van der Waals surface area contributed by atoms with Gasteiger partial charge in [-0.25, -0.2) is 0 Å². The van der Waals surface area contributed by atoms with E-state index in [9.17, 15) is 0 Å². The van der Waals surface area contributed by atoms with Crippen LogP contribution in [0, 0.1) is 0 Å². The summed E-state index contributed by atoms with van der Waals surface area (Å²) in [6, 6.07) is 2.72. The van der Waals surface area contributed by atoms with Gasteiger partial charge in [-0.05, 0) is 38.8 Å². The molecule has 1 atom stereocenters. The van der Waals surface area contributed by atoms with Crippen molar-refractivity contribution in [1.29, 1.82) is 0 Å². The molecule has 0 fully saturated rings. The Labute approximate surface area is 99.2 Å². The van der Waals surface area contributed by atoms with Gasteiger partial charge in [-0.3, -0.25) is 4.68 Å². The Kier molecular flexibility index (Phi) is 5.53. The average Bonchev–Trinajstić information content (AvgIpc) is 2.68. The number of aryl methyl sites for hydroxylation is 2. The van der Waals surface area contributed by atoms with Gasteiger partial charge in [0.25, 0.3) is 0 Å². The molecule has 0 spiro atoms. The third-order valence-corrected chi connectivity index (χ3v) is 2.83. The van der Waals surface area contributed by atoms with Gasteiger partial charge in [-0.2, -0.15) is 5.10 Å². The van der Waals surface area contributed by atoms with E-state index in [1.165, 1.54) is 17.8 Å². The Morgan fingerprint density at radius 3 is 2.62 bits per heavy atom. The Morgan fingerprint density at radius 1 is 1.31 bits per heavy atom. The molecule has 0 radical (unpaired) electrons. The predicted molar refractivity (Wildman–Crippen MR) is 68.7 cm³/mol. The highest BCUT2D eigenvalue weighted by Crippen LogP contribution is 2.07. The summed E-state index contributed by atoms with van der Waals surface area (Å²) < 4.78 is 2.16. The lowest BCUT2D eigenvalue weighted by Gasteiger charge is -2.14. The largest absolute Gasteiger partial charge is 0.312 e. The molecule has 1 aromatic rings. The topological polar surface area (TPSA) is 29.9 Å². The van der Waals surface area contributed by atoms with E-state index in [0.29, 0.717) is 6.04 Å². The third-order valence-electron chi connectivity index (χ3n) is 2.83. The molecule has 1 N–H and O–H groups in total. The van der Waals surface area contributed by atoms with Crippen molar-refractivity contribution in [1.82, 2.24) is 15.1 Å². The summed E-state index contributed by atoms with van der Waals surface area (Å²) in [6.45, 7) is 10.8. The van der Waals surface area contributed by atoms with Crippen LogP contribution in [0.4, 0.5) is 0 Å². The van der Waals surface area contributed by atoms with Crippen molar-refractivity contribution in [3.8, 4) is 0 Å². The van der Waals surface area contributed by atoms with Gasteiger partial charge in [0.05, 0.1) is 12.2 Å². The van der Waals surface area contributed by atoms with Gasteiger partial charge in [0.2, 0.25) is 0 Å². The summed E-state index contributed by atoms with van der Waals surface area (Å²) in [6.07, 6.45) is 3.27. The SMILES string of the molecule is CCCNC(C)Cn1nc(CC)cc1CC. The molecule has 92 valence electrons. The van der Waals surface area contributed by atoms with Crippen molar-refractivity contribution < 1.29 is 0 Å². The maximum absolute atomic E-state index is 4.62. The van der Waals surface area contributed by atoms with E-state index in [1.54, 1.807) is 0 Å². The van der Waals surface area contributed by atoms with Crippen LogP contribution in [0.5, 0.6) is 0 Å². The van der Waals surface area contributed by atoms with Crippen LogP contribution < -0.4 is 5.32 Å². The van der Waals surface area contributed by atoms with Gasteiger partial charge >= 0.3 is 0 Å². The first kappa shape index (κ1) is 13.2. The van der Waals surface area contributed by atoms with E-state index in [2.05, 4.69) is 48.9 Å². The van der Waals surface area contributed by atoms with Crippen LogP contribution >= 0.6 is 0 Å². The third kappa shape index (κ3) is 3.63. The van der Waals surface area contributed by atoms with Crippen LogP contribution in [0.3, 0.4) is 0 Å². The smallest absolute Gasteiger partial charge is 0.0624 e. The van der Waals surface area contributed by atoms with Crippen molar-refractivity contribution in [2.75, 3.05) is 6.54 Å². The summed E-state index contributed by atoms with van der Waals surface area (Å²) in [4.78, 5) is 0. The first-order valence-corrected chi connectivity index (χ1v) is 6.50. The lowest BCUT2D eigenvalue weighted by atomic mass is 10.2. The first-order valence-electron chi connectivity index (χ1n) is 6.50. The van der Waals surface area contributed by atoms with Crippen LogP contribution in [0.15, 0.2) is 6.07 Å². The molecule has 0 aliphatic rings. The summed E-state index contributed by atoms with van der Waals surface area (Å²) in [5.41, 5.74) is 2.56. The first-order chi connectivity index (χ1) is 7.71. The van der Waals surface area contributed by atoms with Gasteiger partial charge in [-0.1, -0.05) is 20.8 Å². The van der Waals surface area contributed by atoms with Gasteiger partial charge in [0, 0.05) is 11.7 Å². The molecule has 1 aromatic heterocycles. The fourth-order valence-electron chi connectivity index (χ4n) is 1.85. The number of nitrogens with zero attached hydrogens (tertiary/aromatic N) is 2. The van der Waals surface area contributed by atoms with Crippen molar-refractivity contribution in [3.63, 3.8) is 0 Å². The number of nitrogens with one attached hydrogen (secondary N) is 1. The van der Waals surface area contributed by atoms with Crippen molar-refractivity contribution >= 4 is 0 Å². The summed E-state index contributed by atoms with van der Waals surface area (Å²) >= 11 is 0. The summed E-state index contributed by atoms with van der Waals surface area (Å²) in [7, 11) is 0. The maximum Gasteiger partial charge on any atom is 0.0624 e. The monoisotopic (exact) mass is 223 g/mol. The normalized spacial score (nSPS) is 13.0. The minimum atomic E-state index is 0.495. The van der Waals surface area contributed by atoms with E-state index in [0.717, 1.165) is 25.9 Å². The molecule has 0 bridgehead atoms. The second-order valence-electron chi connectivity index (χ2n) is 4.37. The number of rotatable bonds is 7. The summed E-state index contributed by atoms with van der Waals surface area (Å²) in [5.74, 6) is 0. The molecule has 0 aliphatic carbocycles. The van der Waals surface area contributed by atoms with E-state index < -0.39 is 0 Å². The Balaban J connectivity index is 2.60. The molecule has 0 saturated carbocycles. The van der Waals surface area contributed by atoms with Gasteiger partial charge < -0.3 is 5.32 Å². The Bertz CT molecular complexity index is 304. The highest BCUT2D eigenvalue weighted by molar-refractivity contribution is 5.10. The molecule has 0 amide bonds. The molecule has 3 nitrogen and oxygen atoms in total. The van der Waals surface area contributed by atoms with Crippen LogP contribution in [-0.2, 0) is 19.4 Å². The minimum absolute atomic E-state index is 0.495. The average molecular weight is 223 g/mol. The van der Waals surface area contributed by atoms with E-state index in [-0.39, 0.29) is 0 Å². The quantitative estimate of drug-likeness (QED) is 0.769. The van der Waals surface area contributed by atoms with Crippen LogP contribution in [0.25, 0.3) is 0 Å². The van der Waals surface area contributed by atoms with Crippen LogP contribution in [0.2, 0.25) is 0 Å². The molecule has 3 heteroatoms. The van der Waals surface area contributed by atoms with E-state index in [1.807, 2.05) is 0 Å². The molecule has 1 heterocycles. The van der Waals surface area contributed by atoms with Crippen molar-refractivity contribution in [2.45, 2.75) is 59.5 Å². The zero-order valence-electron chi connectivity index (χ0n) is 11.1. The van der Waals surface area contributed by atoms with Crippen LogP contribution in [-0.4, -0.2) is 22.4 Å². The highest BCUT2D eigenvalue weighted by atomic mass is 15.3. The molecular formula is C13H25N3. The van der Waals surface area contributed by atoms with E-state index in [4.69, 9.17) is 0 Å². The Morgan fingerprint density at radius 2 is 2.06 bits per heavy atom. The lowest BCUT2D eigenvalue weighted by Crippen LogP contribution is -2.31. The number of aromatic nitrogens is 2. The van der Waals surface area contributed by atoms with Gasteiger partial charge in [0.1, 0.15) is 0 Å². The fourth-order valence-corrected chi connectivity index (χ4v) is 1.85. The fraction of sp³-hybridized carbons (Fsp3) is 0.769. The predicted octanol–water partition coefficient (Wildman–Crippen LogP) is 2.40. The molecule has 0 saturated heterocycles. The second-order valence-corrected chi connectivity index (χ2v) is 4.37. The molecule has 1 rings (SSSR count). The van der Waals surface area contributed by atoms with Crippen molar-refractivity contribution in [2.24, 2.45) is 0 Å². The Hall–Kier alpha value is -0.830. The maximum atomic E-state index is 4.62. The molecule has 16 heavy (non-hydrogen) atoms. The highest BCUT2D eigenvalue weighted by Gasteiger charge is 2.08. The molecule has 0 aliphatic heterocycles. The number of hydrogen-bond acceptors (Lipinski definition) is 2. The molecular weight excluding hydrogens is 198 g/mol. The van der Waals surface area contributed by atoms with Gasteiger partial charge in [-0.15, -0.1) is 0 Å². The van der Waals surface area contributed by atoms with E-state index >= 15 is 0 Å². The second kappa shape index (κ2) is 6.69. The van der Waals surface area contributed by atoms with Crippen molar-refractivity contribution in [3.05, 3.63) is 17.5 Å². The standard InChI is InChI=1S/C13H25N3/c1-5-8-14-11(4)10-16-13(7-3)9-12(6-2)15-16/h9,11,14H,5-8,10H2,1-4H3. The molecule has 0 aromatic carbocycles.